The highest BCUT2D eigenvalue weighted by atomic mass is 19.1. The third kappa shape index (κ3) is 5.10. The summed E-state index contributed by atoms with van der Waals surface area (Å²) in [6, 6.07) is 18.4. The molecule has 50 heavy (non-hydrogen) atoms. The van der Waals surface area contributed by atoms with Gasteiger partial charge in [-0.3, -0.25) is 4.98 Å². The normalized spacial score (nSPS) is 34.3. The molecular weight excluding hydrogens is 641 g/mol. The van der Waals surface area contributed by atoms with Crippen molar-refractivity contribution in [3.63, 3.8) is 0 Å². The molecule has 8 rings (SSSR count). The lowest BCUT2D eigenvalue weighted by Crippen LogP contribution is -2.71. The van der Waals surface area contributed by atoms with E-state index in [0.29, 0.717) is 31.4 Å². The van der Waals surface area contributed by atoms with Gasteiger partial charge in [0.1, 0.15) is 34.6 Å². The number of hydrogen-bond donors (Lipinski definition) is 1. The Bertz CT molecular complexity index is 1980. The maximum absolute atomic E-state index is 13.8. The molecule has 0 amide bonds. The van der Waals surface area contributed by atoms with Crippen LogP contribution in [0.25, 0.3) is 11.3 Å². The molecule has 0 bridgehead atoms. The summed E-state index contributed by atoms with van der Waals surface area (Å²) in [7, 11) is 0. The summed E-state index contributed by atoms with van der Waals surface area (Å²) in [5.41, 5.74) is -0.227. The highest BCUT2D eigenvalue weighted by molar-refractivity contribution is 5.89. The monoisotopic (exact) mass is 681 g/mol. The van der Waals surface area contributed by atoms with Crippen LogP contribution in [0.2, 0.25) is 0 Å². The average molecular weight is 682 g/mol. The van der Waals surface area contributed by atoms with E-state index in [0.717, 1.165) is 11.1 Å². The molecule has 260 valence electrons. The van der Waals surface area contributed by atoms with Crippen LogP contribution in [0.15, 0.2) is 88.3 Å². The zero-order valence-corrected chi connectivity index (χ0v) is 28.4. The van der Waals surface area contributed by atoms with Gasteiger partial charge in [-0.15, -0.1) is 0 Å². The molecule has 0 spiro atoms. The number of aliphatic hydroxyl groups excluding tert-OH is 1. The van der Waals surface area contributed by atoms with Crippen LogP contribution in [0.4, 0.5) is 4.39 Å². The van der Waals surface area contributed by atoms with Crippen LogP contribution < -0.4 is 10.4 Å². The molecule has 1 N–H and O–H groups in total. The maximum atomic E-state index is 13.8. The van der Waals surface area contributed by atoms with E-state index in [9.17, 15) is 19.1 Å². The minimum absolute atomic E-state index is 0.0356. The number of hydrogen-bond acceptors (Lipinski definition) is 9. The Morgan fingerprint density at radius 1 is 1.04 bits per heavy atom. The molecule has 4 aromatic rings. The summed E-state index contributed by atoms with van der Waals surface area (Å²) in [5.74, 6) is -1.57. The Morgan fingerprint density at radius 3 is 2.52 bits per heavy atom. The second-order valence-electron chi connectivity index (χ2n) is 15.0. The Kier molecular flexibility index (Phi) is 7.78. The van der Waals surface area contributed by atoms with Crippen LogP contribution in [0.5, 0.6) is 5.75 Å². The molecule has 3 unspecified atom stereocenters. The van der Waals surface area contributed by atoms with Gasteiger partial charge in [-0.05, 0) is 80.8 Å². The molecule has 10 heteroatoms. The Hall–Kier alpha value is -4.38. The first-order chi connectivity index (χ1) is 23.9. The van der Waals surface area contributed by atoms with E-state index in [1.54, 1.807) is 30.6 Å². The van der Waals surface area contributed by atoms with Gasteiger partial charge >= 0.3 is 11.6 Å². The van der Waals surface area contributed by atoms with Crippen molar-refractivity contribution in [3.05, 3.63) is 118 Å². The highest BCUT2D eigenvalue weighted by Crippen LogP contribution is 2.68. The predicted molar refractivity (Wildman–Crippen MR) is 180 cm³/mol. The number of fused-ring (bicyclic) bond motifs is 6. The highest BCUT2D eigenvalue weighted by Gasteiger charge is 2.71. The number of aromatic nitrogens is 1. The van der Waals surface area contributed by atoms with Crippen LogP contribution in [-0.2, 0) is 14.2 Å². The van der Waals surface area contributed by atoms with Crippen molar-refractivity contribution < 1.29 is 37.7 Å². The van der Waals surface area contributed by atoms with Gasteiger partial charge in [-0.2, -0.15) is 0 Å². The molecule has 2 saturated carbocycles. The first kappa shape index (κ1) is 32.8. The zero-order valence-electron chi connectivity index (χ0n) is 28.4. The molecule has 2 aromatic heterocycles. The van der Waals surface area contributed by atoms with E-state index in [-0.39, 0.29) is 34.7 Å². The van der Waals surface area contributed by atoms with Crippen molar-refractivity contribution in [1.29, 1.82) is 0 Å². The standard InChI is InChI=1S/C40H40FNO8/c1-22-7-9-24(10-8-22)37-46-21-39(3)29-19-31(48-35(44)23-11-13-26(41)14-12-23)40(4)34(38(29,2)16-15-30(39)49-37)33(43)32-28(50-40)18-27(47-36(32)45)25-6-5-17-42-20-25/h5-14,17-18,20,29-31,33-34,37,43H,15-16,19,21H2,1-4H3/t29?,30-,31-,33-,34?,37+,38-,39?,40+/m0/s1. The van der Waals surface area contributed by atoms with Gasteiger partial charge in [0.25, 0.3) is 0 Å². The Morgan fingerprint density at radius 2 is 1.80 bits per heavy atom. The Labute approximate surface area is 289 Å². The van der Waals surface area contributed by atoms with E-state index < -0.39 is 58.3 Å². The van der Waals surface area contributed by atoms with Gasteiger partial charge in [-0.1, -0.05) is 43.7 Å². The Balaban J connectivity index is 1.20. The number of rotatable bonds is 4. The number of carbonyl (C=O) groups is 1. The molecule has 9 atom stereocenters. The zero-order chi connectivity index (χ0) is 35.0. The second-order valence-corrected chi connectivity index (χ2v) is 15.0. The molecule has 1 saturated heterocycles. The van der Waals surface area contributed by atoms with Crippen molar-refractivity contribution >= 4 is 5.97 Å². The van der Waals surface area contributed by atoms with E-state index in [2.05, 4.69) is 18.8 Å². The topological polar surface area (TPSA) is 117 Å². The van der Waals surface area contributed by atoms with Crippen molar-refractivity contribution in [3.8, 4) is 17.1 Å². The first-order valence-corrected chi connectivity index (χ1v) is 17.2. The number of ether oxygens (including phenoxy) is 4. The van der Waals surface area contributed by atoms with Gasteiger partial charge in [0.15, 0.2) is 6.29 Å². The number of aryl methyl sites for hydroxylation is 1. The van der Waals surface area contributed by atoms with Crippen LogP contribution in [0, 0.1) is 35.4 Å². The number of benzene rings is 2. The number of carbonyl (C=O) groups excluding carboxylic acids is 1. The fourth-order valence-corrected chi connectivity index (χ4v) is 9.54. The van der Waals surface area contributed by atoms with Crippen molar-refractivity contribution in [2.24, 2.45) is 22.7 Å². The summed E-state index contributed by atoms with van der Waals surface area (Å²) in [6.45, 7) is 8.54. The third-order valence-electron chi connectivity index (χ3n) is 12.0. The molecule has 3 fully saturated rings. The van der Waals surface area contributed by atoms with E-state index in [4.69, 9.17) is 23.4 Å². The minimum atomic E-state index is -1.30. The molecule has 2 aliphatic heterocycles. The number of aliphatic hydroxyl groups is 1. The van der Waals surface area contributed by atoms with Crippen LogP contribution in [0.3, 0.4) is 0 Å². The summed E-state index contributed by atoms with van der Waals surface area (Å²) in [5, 5.41) is 12.4. The molecule has 2 aromatic carbocycles. The largest absolute Gasteiger partial charge is 0.482 e. The van der Waals surface area contributed by atoms with E-state index >= 15 is 0 Å². The van der Waals surface area contributed by atoms with Crippen molar-refractivity contribution in [2.45, 2.75) is 77.2 Å². The van der Waals surface area contributed by atoms with E-state index in [1.165, 1.54) is 24.3 Å². The lowest BCUT2D eigenvalue weighted by Gasteiger charge is -2.67. The SMILES string of the molecule is Cc1ccc([C@@H]2OCC3(C)C4C[C@H](OC(=O)c5ccc(F)cc5)[C@@]5(C)Oc6cc(-c7cccnc7)oc(=O)c6[C@H](O)C5[C@@]4(C)CC[C@@H]3O2)cc1. The van der Waals surface area contributed by atoms with Crippen LogP contribution in [0.1, 0.15) is 79.5 Å². The van der Waals surface area contributed by atoms with Gasteiger partial charge in [0, 0.05) is 40.9 Å². The molecule has 9 nitrogen and oxygen atoms in total. The maximum Gasteiger partial charge on any atom is 0.345 e. The smallest absolute Gasteiger partial charge is 0.345 e. The van der Waals surface area contributed by atoms with Gasteiger partial charge in [0.05, 0.1) is 24.4 Å². The number of pyridine rings is 1. The fourth-order valence-electron chi connectivity index (χ4n) is 9.54. The lowest BCUT2D eigenvalue weighted by molar-refractivity contribution is -0.330. The predicted octanol–water partition coefficient (Wildman–Crippen LogP) is 7.12. The lowest BCUT2D eigenvalue weighted by atomic mass is 9.42. The van der Waals surface area contributed by atoms with Crippen molar-refractivity contribution in [2.75, 3.05) is 6.61 Å². The average Bonchev–Trinajstić information content (AvgIpc) is 3.09. The number of halogens is 1. The number of nitrogens with zero attached hydrogens (tertiary/aromatic N) is 1. The van der Waals surface area contributed by atoms with Gasteiger partial charge in [0.2, 0.25) is 0 Å². The summed E-state index contributed by atoms with van der Waals surface area (Å²) < 4.78 is 45.8. The van der Waals surface area contributed by atoms with Gasteiger partial charge < -0.3 is 28.5 Å². The van der Waals surface area contributed by atoms with Crippen molar-refractivity contribution in [1.82, 2.24) is 4.98 Å². The number of esters is 1. The van der Waals surface area contributed by atoms with E-state index in [1.807, 2.05) is 38.1 Å². The summed E-state index contributed by atoms with van der Waals surface area (Å²) in [4.78, 5) is 31.5. The molecule has 2 aliphatic carbocycles. The fraction of sp³-hybridized carbons (Fsp3) is 0.425. The van der Waals surface area contributed by atoms with Crippen LogP contribution in [-0.4, -0.2) is 40.5 Å². The molecular formula is C40H40FNO8. The molecule has 0 radical (unpaired) electrons. The minimum Gasteiger partial charge on any atom is -0.482 e. The molecule has 4 aliphatic rings. The summed E-state index contributed by atoms with van der Waals surface area (Å²) in [6.07, 6.45) is 2.05. The summed E-state index contributed by atoms with van der Waals surface area (Å²) >= 11 is 0. The first-order valence-electron chi connectivity index (χ1n) is 17.2. The quantitative estimate of drug-likeness (QED) is 0.225. The van der Waals surface area contributed by atoms with Crippen LogP contribution >= 0.6 is 0 Å². The molecule has 4 heterocycles. The second kappa shape index (κ2) is 11.9. The van der Waals surface area contributed by atoms with Gasteiger partial charge in [-0.25, -0.2) is 14.0 Å². The third-order valence-corrected chi connectivity index (χ3v) is 12.0.